The first kappa shape index (κ1) is 24.4. The average molecular weight is 481 g/mol. The molecule has 3 fully saturated rings. The van der Waals surface area contributed by atoms with Crippen molar-refractivity contribution < 1.29 is 29.3 Å². The minimum atomic E-state index is -1.59. The zero-order valence-electron chi connectivity index (χ0n) is 20.9. The number of aliphatic hydroxyl groups excluding tert-OH is 2. The number of carbonyl (C=O) groups excluding carboxylic acids is 2. The van der Waals surface area contributed by atoms with E-state index in [1.54, 1.807) is 6.08 Å². The maximum atomic E-state index is 14.2. The lowest BCUT2D eigenvalue weighted by Gasteiger charge is -2.34. The normalized spacial score (nSPS) is 43.3. The fourth-order valence-electron chi connectivity index (χ4n) is 6.84. The van der Waals surface area contributed by atoms with Crippen molar-refractivity contribution in [1.82, 2.24) is 0 Å². The van der Waals surface area contributed by atoms with Crippen LogP contribution >= 0.6 is 0 Å². The average Bonchev–Trinajstić information content (AvgIpc) is 3.60. The van der Waals surface area contributed by atoms with Gasteiger partial charge >= 0.3 is 5.97 Å². The Morgan fingerprint density at radius 3 is 2.63 bits per heavy atom. The van der Waals surface area contributed by atoms with Crippen LogP contribution in [0.5, 0.6) is 0 Å². The van der Waals surface area contributed by atoms with Gasteiger partial charge in [0.15, 0.2) is 5.60 Å². The van der Waals surface area contributed by atoms with E-state index in [0.29, 0.717) is 5.92 Å². The first-order valence-electron chi connectivity index (χ1n) is 12.7. The fourth-order valence-corrected chi connectivity index (χ4v) is 6.84. The van der Waals surface area contributed by atoms with Gasteiger partial charge in [-0.1, -0.05) is 57.2 Å². The van der Waals surface area contributed by atoms with E-state index in [9.17, 15) is 19.8 Å². The molecular formula is C29H36O6. The number of carbonyl (C=O) groups is 2. The van der Waals surface area contributed by atoms with Crippen molar-refractivity contribution in [1.29, 1.82) is 0 Å². The Kier molecular flexibility index (Phi) is 5.86. The van der Waals surface area contributed by atoms with Gasteiger partial charge in [-0.05, 0) is 54.6 Å². The third kappa shape index (κ3) is 4.00. The molecule has 1 aliphatic heterocycles. The molecule has 8 atom stereocenters. The molecule has 35 heavy (non-hydrogen) atoms. The summed E-state index contributed by atoms with van der Waals surface area (Å²) in [7, 11) is 0. The van der Waals surface area contributed by atoms with Gasteiger partial charge in [-0.2, -0.15) is 0 Å². The quantitative estimate of drug-likeness (QED) is 0.388. The summed E-state index contributed by atoms with van der Waals surface area (Å²) in [5.74, 6) is -1.45. The molecule has 8 unspecified atom stereocenters. The summed E-state index contributed by atoms with van der Waals surface area (Å²) >= 11 is 0. The molecule has 188 valence electrons. The predicted molar refractivity (Wildman–Crippen MR) is 131 cm³/mol. The summed E-state index contributed by atoms with van der Waals surface area (Å²) in [5, 5.41) is 21.5. The summed E-state index contributed by atoms with van der Waals surface area (Å²) in [5.41, 5.74) is -0.929. The van der Waals surface area contributed by atoms with Crippen molar-refractivity contribution in [3.63, 3.8) is 0 Å². The van der Waals surface area contributed by atoms with Gasteiger partial charge in [0.2, 0.25) is 5.78 Å². The topological polar surface area (TPSA) is 96.4 Å². The second-order valence-corrected chi connectivity index (χ2v) is 11.8. The van der Waals surface area contributed by atoms with Crippen LogP contribution in [0.3, 0.4) is 0 Å². The van der Waals surface area contributed by atoms with E-state index < -0.39 is 47.7 Å². The number of ketones is 1. The Morgan fingerprint density at radius 2 is 1.94 bits per heavy atom. The molecule has 6 heteroatoms. The largest absolute Gasteiger partial charge is 0.447 e. The zero-order chi connectivity index (χ0) is 25.2. The summed E-state index contributed by atoms with van der Waals surface area (Å²) in [6, 6.07) is 9.38. The van der Waals surface area contributed by atoms with E-state index in [-0.39, 0.29) is 29.2 Å². The Morgan fingerprint density at radius 1 is 1.23 bits per heavy atom. The molecule has 6 nitrogen and oxygen atoms in total. The van der Waals surface area contributed by atoms with E-state index >= 15 is 0 Å². The van der Waals surface area contributed by atoms with Crippen molar-refractivity contribution in [2.24, 2.45) is 29.1 Å². The molecule has 5 rings (SSSR count). The molecule has 1 saturated heterocycles. The number of epoxide rings is 1. The van der Waals surface area contributed by atoms with Crippen molar-refractivity contribution >= 4 is 17.8 Å². The van der Waals surface area contributed by atoms with Gasteiger partial charge < -0.3 is 19.7 Å². The molecule has 3 aliphatic carbocycles. The van der Waals surface area contributed by atoms with Gasteiger partial charge in [-0.15, -0.1) is 0 Å². The fraction of sp³-hybridized carbons (Fsp3) is 0.586. The highest BCUT2D eigenvalue weighted by molar-refractivity contribution is 6.04. The van der Waals surface area contributed by atoms with Crippen molar-refractivity contribution in [2.75, 3.05) is 6.61 Å². The molecule has 1 aromatic carbocycles. The summed E-state index contributed by atoms with van der Waals surface area (Å²) in [6.45, 7) is 7.84. The Hall–Kier alpha value is -2.28. The van der Waals surface area contributed by atoms with E-state index in [2.05, 4.69) is 13.8 Å². The summed E-state index contributed by atoms with van der Waals surface area (Å²) in [6.07, 6.45) is 5.56. The van der Waals surface area contributed by atoms with Gasteiger partial charge in [0.05, 0.1) is 30.3 Å². The molecule has 0 aromatic heterocycles. The molecule has 0 bridgehead atoms. The highest BCUT2D eigenvalue weighted by Gasteiger charge is 2.71. The second kappa shape index (κ2) is 8.39. The summed E-state index contributed by atoms with van der Waals surface area (Å²) < 4.78 is 12.3. The van der Waals surface area contributed by atoms with Crippen LogP contribution in [0.15, 0.2) is 48.1 Å². The van der Waals surface area contributed by atoms with Crippen molar-refractivity contribution in [2.45, 2.75) is 70.4 Å². The van der Waals surface area contributed by atoms with Gasteiger partial charge in [-0.25, -0.2) is 4.79 Å². The molecule has 1 heterocycles. The maximum Gasteiger partial charge on any atom is 0.331 e. The van der Waals surface area contributed by atoms with Gasteiger partial charge in [-0.3, -0.25) is 4.79 Å². The van der Waals surface area contributed by atoms with Crippen LogP contribution in [0.25, 0.3) is 6.08 Å². The van der Waals surface area contributed by atoms with E-state index in [0.717, 1.165) is 18.4 Å². The number of hydrogen-bond acceptors (Lipinski definition) is 6. The first-order valence-corrected chi connectivity index (χ1v) is 12.7. The molecular weight excluding hydrogens is 444 g/mol. The van der Waals surface area contributed by atoms with Crippen LogP contribution in [-0.2, 0) is 19.1 Å². The predicted octanol–water partition coefficient (Wildman–Crippen LogP) is 3.71. The number of hydrogen-bond donors (Lipinski definition) is 2. The van der Waals surface area contributed by atoms with E-state index in [4.69, 9.17) is 9.47 Å². The summed E-state index contributed by atoms with van der Waals surface area (Å²) in [4.78, 5) is 27.3. The third-order valence-corrected chi connectivity index (χ3v) is 9.19. The maximum absolute atomic E-state index is 14.2. The minimum Gasteiger partial charge on any atom is -0.447 e. The Balaban J connectivity index is 1.55. The van der Waals surface area contributed by atoms with Crippen LogP contribution in [-0.4, -0.2) is 52.0 Å². The number of Topliss-reactive ketones (excluding diaryl/α,β-unsaturated/α-hetero) is 1. The van der Waals surface area contributed by atoms with Crippen LogP contribution in [0.2, 0.25) is 0 Å². The highest BCUT2D eigenvalue weighted by Crippen LogP contribution is 2.64. The monoisotopic (exact) mass is 480 g/mol. The standard InChI is InChI=1S/C29H36O6/c1-17-15-29(34-22(31)11-10-18-8-6-5-7-9-18)23(24(17)32)26-28(4,35-26)13-12-20-21(27(20,2)3)14-19(16-30)25(29)33/h5-11,14,17,20-21,23-24,26,30,32H,12-13,15-16H2,1-4H3/b11-10+,19-14-. The van der Waals surface area contributed by atoms with E-state index in [1.807, 2.05) is 50.3 Å². The molecule has 0 spiro atoms. The molecule has 2 saturated carbocycles. The number of aliphatic hydroxyl groups is 2. The number of allylic oxidation sites excluding steroid dienone is 1. The minimum absolute atomic E-state index is 0.0325. The van der Waals surface area contributed by atoms with Crippen LogP contribution in [0.4, 0.5) is 0 Å². The zero-order valence-corrected chi connectivity index (χ0v) is 20.9. The lowest BCUT2D eigenvalue weighted by atomic mass is 9.77. The lowest BCUT2D eigenvalue weighted by molar-refractivity contribution is -0.168. The molecule has 0 radical (unpaired) electrons. The van der Waals surface area contributed by atoms with Crippen LogP contribution in [0, 0.1) is 29.1 Å². The molecule has 1 aromatic rings. The number of ether oxygens (including phenoxy) is 2. The highest BCUT2D eigenvalue weighted by atomic mass is 16.6. The van der Waals surface area contributed by atoms with Gasteiger partial charge in [0.1, 0.15) is 0 Å². The molecule has 2 N–H and O–H groups in total. The van der Waals surface area contributed by atoms with Crippen molar-refractivity contribution in [3.05, 3.63) is 53.6 Å². The number of esters is 1. The number of fused-ring (bicyclic) bond motifs is 4. The van der Waals surface area contributed by atoms with Crippen LogP contribution < -0.4 is 0 Å². The smallest absolute Gasteiger partial charge is 0.331 e. The number of rotatable bonds is 4. The number of benzene rings is 1. The Bertz CT molecular complexity index is 1070. The third-order valence-electron chi connectivity index (χ3n) is 9.19. The van der Waals surface area contributed by atoms with Gasteiger partial charge in [0, 0.05) is 18.1 Å². The van der Waals surface area contributed by atoms with Gasteiger partial charge in [0.25, 0.3) is 0 Å². The lowest BCUT2D eigenvalue weighted by Crippen LogP contribution is -2.52. The first-order chi connectivity index (χ1) is 16.5. The van der Waals surface area contributed by atoms with E-state index in [1.165, 1.54) is 6.08 Å². The second-order valence-electron chi connectivity index (χ2n) is 11.8. The SMILES string of the molecule is CC1CC2(OC(=O)/C=C/c3ccccc3)C(=O)/C(CO)=C\C3C(CCC4(C)OC4C2C1O)C3(C)C. The van der Waals surface area contributed by atoms with Crippen molar-refractivity contribution in [3.8, 4) is 0 Å². The van der Waals surface area contributed by atoms with Crippen LogP contribution in [0.1, 0.15) is 52.5 Å². The Labute approximate surface area is 207 Å². The molecule has 4 aliphatic rings. The molecule has 0 amide bonds.